The Morgan fingerprint density at radius 1 is 1.36 bits per heavy atom. The topological polar surface area (TPSA) is 29.1 Å². The second-order valence-corrected chi connectivity index (χ2v) is 3.06. The van der Waals surface area contributed by atoms with E-state index in [1.807, 2.05) is 24.3 Å². The van der Waals surface area contributed by atoms with Crippen LogP contribution in [0.2, 0.25) is 0 Å². The van der Waals surface area contributed by atoms with Gasteiger partial charge in [0, 0.05) is 11.3 Å². The normalized spacial score (nSPS) is 9.21. The summed E-state index contributed by atoms with van der Waals surface area (Å²) in [7, 11) is 0. The van der Waals surface area contributed by atoms with Gasteiger partial charge in [0.2, 0.25) is 0 Å². The molecule has 2 nitrogen and oxygen atoms in total. The molecular weight excluding hydrogens is 174 g/mol. The summed E-state index contributed by atoms with van der Waals surface area (Å²) >= 11 is 0. The van der Waals surface area contributed by atoms with E-state index in [0.717, 1.165) is 11.3 Å². The number of nitrogens with one attached hydrogen (secondary N) is 1. The zero-order chi connectivity index (χ0) is 10.6. The molecule has 0 spiro atoms. The van der Waals surface area contributed by atoms with Gasteiger partial charge in [-0.25, -0.2) is 0 Å². The summed E-state index contributed by atoms with van der Waals surface area (Å²) in [5.74, 6) is -0.156. The van der Waals surface area contributed by atoms with Crippen LogP contribution in [0.3, 0.4) is 0 Å². The van der Waals surface area contributed by atoms with Crippen molar-refractivity contribution in [2.75, 3.05) is 5.32 Å². The van der Waals surface area contributed by atoms with Crippen molar-refractivity contribution in [2.45, 2.75) is 6.92 Å². The lowest BCUT2D eigenvalue weighted by Crippen LogP contribution is -2.11. The second-order valence-electron chi connectivity index (χ2n) is 3.06. The van der Waals surface area contributed by atoms with Crippen LogP contribution in [-0.2, 0) is 4.79 Å². The van der Waals surface area contributed by atoms with Crippen molar-refractivity contribution >= 4 is 17.7 Å². The number of carbonyl (C=O) groups excluding carboxylic acids is 1. The third-order valence-electron chi connectivity index (χ3n) is 1.79. The molecule has 0 aromatic heterocycles. The van der Waals surface area contributed by atoms with Crippen LogP contribution in [0.25, 0.3) is 6.08 Å². The standard InChI is InChI=1S/C12H13NO/c1-4-10-5-7-11(8-6-10)13-12(14)9(2)3/h4-8H,1-2H2,3H3,(H,13,14). The van der Waals surface area contributed by atoms with Crippen molar-refractivity contribution in [3.63, 3.8) is 0 Å². The fourth-order valence-electron chi connectivity index (χ4n) is 0.940. The van der Waals surface area contributed by atoms with Crippen molar-refractivity contribution in [3.05, 3.63) is 48.6 Å². The summed E-state index contributed by atoms with van der Waals surface area (Å²) < 4.78 is 0. The molecule has 0 saturated carbocycles. The zero-order valence-electron chi connectivity index (χ0n) is 8.21. The maximum atomic E-state index is 11.2. The number of rotatable bonds is 3. The third kappa shape index (κ3) is 2.59. The molecule has 1 aromatic carbocycles. The minimum atomic E-state index is -0.156. The van der Waals surface area contributed by atoms with Crippen molar-refractivity contribution in [3.8, 4) is 0 Å². The van der Waals surface area contributed by atoms with Gasteiger partial charge in [-0.15, -0.1) is 0 Å². The van der Waals surface area contributed by atoms with Crippen LogP contribution >= 0.6 is 0 Å². The van der Waals surface area contributed by atoms with E-state index >= 15 is 0 Å². The van der Waals surface area contributed by atoms with Gasteiger partial charge in [-0.05, 0) is 24.6 Å². The maximum Gasteiger partial charge on any atom is 0.250 e. The van der Waals surface area contributed by atoms with Crippen LogP contribution in [0.5, 0.6) is 0 Å². The Morgan fingerprint density at radius 3 is 2.36 bits per heavy atom. The average molecular weight is 187 g/mol. The summed E-state index contributed by atoms with van der Waals surface area (Å²) in [5, 5.41) is 2.72. The Hall–Kier alpha value is -1.83. The summed E-state index contributed by atoms with van der Waals surface area (Å²) in [6.07, 6.45) is 1.75. The number of hydrogen-bond acceptors (Lipinski definition) is 1. The summed E-state index contributed by atoms with van der Waals surface area (Å²) in [6, 6.07) is 7.44. The highest BCUT2D eigenvalue weighted by atomic mass is 16.1. The number of amides is 1. The SMILES string of the molecule is C=Cc1ccc(NC(=O)C(=C)C)cc1. The lowest BCUT2D eigenvalue weighted by molar-refractivity contribution is -0.112. The molecule has 0 bridgehead atoms. The van der Waals surface area contributed by atoms with Crippen LogP contribution < -0.4 is 5.32 Å². The molecule has 1 aromatic rings. The fraction of sp³-hybridized carbons (Fsp3) is 0.0833. The van der Waals surface area contributed by atoms with E-state index in [0.29, 0.717) is 5.57 Å². The third-order valence-corrected chi connectivity index (χ3v) is 1.79. The van der Waals surface area contributed by atoms with Crippen LogP contribution in [0, 0.1) is 0 Å². The molecule has 0 atom stereocenters. The highest BCUT2D eigenvalue weighted by molar-refractivity contribution is 6.02. The lowest BCUT2D eigenvalue weighted by atomic mass is 10.2. The molecule has 0 saturated heterocycles. The quantitative estimate of drug-likeness (QED) is 0.724. The molecule has 0 radical (unpaired) electrons. The number of hydrogen-bond donors (Lipinski definition) is 1. The molecule has 0 aliphatic carbocycles. The Bertz CT molecular complexity index is 362. The maximum absolute atomic E-state index is 11.2. The fourth-order valence-corrected chi connectivity index (χ4v) is 0.940. The van der Waals surface area contributed by atoms with Gasteiger partial charge in [-0.3, -0.25) is 4.79 Å². The van der Waals surface area contributed by atoms with E-state index in [4.69, 9.17) is 0 Å². The summed E-state index contributed by atoms with van der Waals surface area (Å²) in [4.78, 5) is 11.2. The molecule has 2 heteroatoms. The molecule has 0 aliphatic rings. The van der Waals surface area contributed by atoms with Gasteiger partial charge >= 0.3 is 0 Å². The summed E-state index contributed by atoms with van der Waals surface area (Å²) in [5.41, 5.74) is 2.29. The Balaban J connectivity index is 2.73. The van der Waals surface area contributed by atoms with E-state index < -0.39 is 0 Å². The van der Waals surface area contributed by atoms with Crippen LogP contribution in [0.4, 0.5) is 5.69 Å². The first kappa shape index (κ1) is 10.3. The smallest absolute Gasteiger partial charge is 0.250 e. The van der Waals surface area contributed by atoms with Gasteiger partial charge in [0.1, 0.15) is 0 Å². The molecule has 0 fully saturated rings. The van der Waals surface area contributed by atoms with Crippen molar-refractivity contribution in [1.29, 1.82) is 0 Å². The van der Waals surface area contributed by atoms with Gasteiger partial charge in [-0.2, -0.15) is 0 Å². The Labute approximate surface area is 84.0 Å². The van der Waals surface area contributed by atoms with Crippen LogP contribution in [-0.4, -0.2) is 5.91 Å². The molecule has 72 valence electrons. The van der Waals surface area contributed by atoms with E-state index in [2.05, 4.69) is 18.5 Å². The molecule has 0 unspecified atom stereocenters. The first-order valence-corrected chi connectivity index (χ1v) is 4.33. The average Bonchev–Trinajstić information content (AvgIpc) is 2.19. The van der Waals surface area contributed by atoms with Crippen LogP contribution in [0.15, 0.2) is 43.0 Å². The van der Waals surface area contributed by atoms with E-state index in [9.17, 15) is 4.79 Å². The van der Waals surface area contributed by atoms with Crippen molar-refractivity contribution in [2.24, 2.45) is 0 Å². The van der Waals surface area contributed by atoms with Crippen molar-refractivity contribution < 1.29 is 4.79 Å². The highest BCUT2D eigenvalue weighted by Crippen LogP contribution is 2.10. The van der Waals surface area contributed by atoms with E-state index in [1.54, 1.807) is 13.0 Å². The highest BCUT2D eigenvalue weighted by Gasteiger charge is 2.01. The Morgan fingerprint density at radius 2 is 1.93 bits per heavy atom. The molecule has 1 N–H and O–H groups in total. The van der Waals surface area contributed by atoms with Crippen molar-refractivity contribution in [1.82, 2.24) is 0 Å². The molecular formula is C12H13NO. The lowest BCUT2D eigenvalue weighted by Gasteiger charge is -2.04. The molecule has 1 amide bonds. The predicted molar refractivity (Wildman–Crippen MR) is 60.0 cm³/mol. The predicted octanol–water partition coefficient (Wildman–Crippen LogP) is 2.84. The van der Waals surface area contributed by atoms with Gasteiger partial charge < -0.3 is 5.32 Å². The minimum Gasteiger partial charge on any atom is -0.322 e. The number of carbonyl (C=O) groups is 1. The van der Waals surface area contributed by atoms with Gasteiger partial charge in [0.25, 0.3) is 5.91 Å². The van der Waals surface area contributed by atoms with E-state index in [-0.39, 0.29) is 5.91 Å². The first-order chi connectivity index (χ1) is 6.63. The van der Waals surface area contributed by atoms with Gasteiger partial charge in [-0.1, -0.05) is 31.4 Å². The van der Waals surface area contributed by atoms with Gasteiger partial charge in [0.05, 0.1) is 0 Å². The first-order valence-electron chi connectivity index (χ1n) is 4.33. The van der Waals surface area contributed by atoms with Crippen LogP contribution in [0.1, 0.15) is 12.5 Å². The largest absolute Gasteiger partial charge is 0.322 e. The monoisotopic (exact) mass is 187 g/mol. The molecule has 0 heterocycles. The molecule has 1 rings (SSSR count). The number of anilines is 1. The Kier molecular flexibility index (Phi) is 3.24. The minimum absolute atomic E-state index is 0.156. The zero-order valence-corrected chi connectivity index (χ0v) is 8.21. The summed E-state index contributed by atoms with van der Waals surface area (Å²) in [6.45, 7) is 8.88. The van der Waals surface area contributed by atoms with Gasteiger partial charge in [0.15, 0.2) is 0 Å². The second kappa shape index (κ2) is 4.42. The molecule has 0 aliphatic heterocycles. The molecule has 14 heavy (non-hydrogen) atoms. The van der Waals surface area contributed by atoms with E-state index in [1.165, 1.54) is 0 Å². The number of benzene rings is 1.